The average Bonchev–Trinajstić information content (AvgIpc) is 2.63. The Morgan fingerprint density at radius 2 is 2.08 bits per heavy atom. The molecular weight excluding hydrogens is 316 g/mol. The van der Waals surface area contributed by atoms with Gasteiger partial charge in [0.05, 0.1) is 18.8 Å². The number of fused-ring (bicyclic) bond motifs is 1. The first-order valence-electron chi connectivity index (χ1n) is 8.53. The fourth-order valence-corrected chi connectivity index (χ4v) is 3.15. The third-order valence-corrected chi connectivity index (χ3v) is 4.39. The number of amides is 1. The first-order chi connectivity index (χ1) is 12.2. The number of carbonyl (C=O) groups excluding carboxylic acids is 1. The van der Waals surface area contributed by atoms with Crippen molar-refractivity contribution in [3.05, 3.63) is 54.1 Å². The highest BCUT2D eigenvalue weighted by Gasteiger charge is 2.28. The van der Waals surface area contributed by atoms with Gasteiger partial charge in [-0.2, -0.15) is 0 Å². The van der Waals surface area contributed by atoms with Gasteiger partial charge < -0.3 is 19.7 Å². The smallest absolute Gasteiger partial charge is 0.216 e. The van der Waals surface area contributed by atoms with Gasteiger partial charge >= 0.3 is 0 Å². The quantitative estimate of drug-likeness (QED) is 0.878. The second kappa shape index (κ2) is 7.92. The number of hydrogen-bond acceptors (Lipinski definition) is 4. The molecule has 2 aromatic carbocycles. The fourth-order valence-electron chi connectivity index (χ4n) is 3.15. The van der Waals surface area contributed by atoms with Crippen molar-refractivity contribution >= 4 is 11.6 Å². The van der Waals surface area contributed by atoms with Crippen LogP contribution in [0.25, 0.3) is 0 Å². The van der Waals surface area contributed by atoms with Gasteiger partial charge in [0.15, 0.2) is 0 Å². The second-order valence-corrected chi connectivity index (χ2v) is 6.16. The zero-order chi connectivity index (χ0) is 17.6. The molecule has 5 nitrogen and oxygen atoms in total. The molecule has 0 bridgehead atoms. The molecule has 25 heavy (non-hydrogen) atoms. The Balaban J connectivity index is 1.84. The number of nitrogens with one attached hydrogen (secondary N) is 1. The molecule has 1 unspecified atom stereocenters. The van der Waals surface area contributed by atoms with Crippen LogP contribution >= 0.6 is 0 Å². The zero-order valence-corrected chi connectivity index (χ0v) is 14.7. The Morgan fingerprint density at radius 3 is 2.80 bits per heavy atom. The lowest BCUT2D eigenvalue weighted by Crippen LogP contribution is -2.47. The minimum Gasteiger partial charge on any atom is -0.497 e. The van der Waals surface area contributed by atoms with Gasteiger partial charge in [0.25, 0.3) is 0 Å². The monoisotopic (exact) mass is 340 g/mol. The number of methoxy groups -OCH3 is 1. The number of rotatable bonds is 6. The van der Waals surface area contributed by atoms with Gasteiger partial charge in [-0.15, -0.1) is 0 Å². The van der Waals surface area contributed by atoms with Crippen LogP contribution in [0.5, 0.6) is 11.5 Å². The third kappa shape index (κ3) is 4.24. The zero-order valence-electron chi connectivity index (χ0n) is 14.7. The summed E-state index contributed by atoms with van der Waals surface area (Å²) >= 11 is 0. The molecule has 0 fully saturated rings. The van der Waals surface area contributed by atoms with Gasteiger partial charge in [-0.3, -0.25) is 4.79 Å². The van der Waals surface area contributed by atoms with Gasteiger partial charge in [-0.25, -0.2) is 0 Å². The molecule has 5 heteroatoms. The van der Waals surface area contributed by atoms with Crippen molar-refractivity contribution in [2.24, 2.45) is 0 Å². The highest BCUT2D eigenvalue weighted by Crippen LogP contribution is 2.37. The highest BCUT2D eigenvalue weighted by molar-refractivity contribution is 5.73. The number of nitrogens with zero attached hydrogens (tertiary/aromatic N) is 1. The maximum atomic E-state index is 11.2. The van der Waals surface area contributed by atoms with E-state index in [4.69, 9.17) is 9.47 Å². The maximum absolute atomic E-state index is 11.2. The van der Waals surface area contributed by atoms with Gasteiger partial charge in [0.1, 0.15) is 18.1 Å². The summed E-state index contributed by atoms with van der Waals surface area (Å²) in [6.45, 7) is 3.48. The minimum absolute atomic E-state index is 0.0151. The van der Waals surface area contributed by atoms with Crippen LogP contribution in [0.3, 0.4) is 0 Å². The summed E-state index contributed by atoms with van der Waals surface area (Å²) in [6, 6.07) is 16.4. The Bertz CT molecular complexity index is 718. The molecule has 0 saturated carbocycles. The lowest BCUT2D eigenvalue weighted by Gasteiger charge is -2.39. The maximum Gasteiger partial charge on any atom is 0.216 e. The van der Waals surface area contributed by atoms with Crippen LogP contribution in [0, 0.1) is 0 Å². The molecule has 1 heterocycles. The summed E-state index contributed by atoms with van der Waals surface area (Å²) in [7, 11) is 1.66. The third-order valence-electron chi connectivity index (χ3n) is 4.39. The number of anilines is 1. The van der Waals surface area contributed by atoms with Crippen molar-refractivity contribution in [1.29, 1.82) is 0 Å². The molecule has 1 atom stereocenters. The van der Waals surface area contributed by atoms with E-state index in [1.807, 2.05) is 24.3 Å². The summed E-state index contributed by atoms with van der Waals surface area (Å²) in [4.78, 5) is 13.5. The van der Waals surface area contributed by atoms with Crippen LogP contribution in [0.4, 0.5) is 5.69 Å². The highest BCUT2D eigenvalue weighted by atomic mass is 16.5. The molecular formula is C20H24N2O3. The van der Waals surface area contributed by atoms with E-state index >= 15 is 0 Å². The second-order valence-electron chi connectivity index (χ2n) is 6.16. The van der Waals surface area contributed by atoms with Gasteiger partial charge in [-0.05, 0) is 24.1 Å². The number of hydrogen-bond donors (Lipinski definition) is 1. The van der Waals surface area contributed by atoms with Crippen LogP contribution in [-0.2, 0) is 11.2 Å². The summed E-state index contributed by atoms with van der Waals surface area (Å²) in [5, 5.41) is 2.88. The molecule has 1 aliphatic rings. The normalized spacial score (nSPS) is 15.9. The summed E-state index contributed by atoms with van der Waals surface area (Å²) < 4.78 is 11.4. The van der Waals surface area contributed by atoms with Crippen molar-refractivity contribution < 1.29 is 14.3 Å². The van der Waals surface area contributed by atoms with E-state index in [-0.39, 0.29) is 11.9 Å². The summed E-state index contributed by atoms with van der Waals surface area (Å²) in [5.74, 6) is 1.64. The van der Waals surface area contributed by atoms with Crippen molar-refractivity contribution in [3.63, 3.8) is 0 Å². The average molecular weight is 340 g/mol. The molecule has 0 radical (unpaired) electrons. The molecule has 0 aliphatic carbocycles. The Kier molecular flexibility index (Phi) is 5.43. The molecule has 0 aromatic heterocycles. The van der Waals surface area contributed by atoms with E-state index in [0.717, 1.165) is 30.2 Å². The first kappa shape index (κ1) is 17.1. The summed E-state index contributed by atoms with van der Waals surface area (Å²) in [6.07, 6.45) is 0.886. The fraction of sp³-hybridized carbons (Fsp3) is 0.350. The Labute approximate surface area is 148 Å². The molecule has 1 N–H and O–H groups in total. The number of ether oxygens (including phenoxy) is 2. The molecule has 132 valence electrons. The predicted molar refractivity (Wildman–Crippen MR) is 98.5 cm³/mol. The van der Waals surface area contributed by atoms with E-state index in [9.17, 15) is 4.79 Å². The van der Waals surface area contributed by atoms with Crippen molar-refractivity contribution in [3.8, 4) is 11.5 Å². The largest absolute Gasteiger partial charge is 0.497 e. The van der Waals surface area contributed by atoms with Gasteiger partial charge in [-0.1, -0.05) is 30.3 Å². The number of carbonyl (C=O) groups is 1. The lowest BCUT2D eigenvalue weighted by atomic mass is 10.0. The van der Waals surface area contributed by atoms with Crippen LogP contribution in [0.15, 0.2) is 48.5 Å². The standard InChI is InChI=1S/C20H24N2O3/c1-15(23)21-10-11-22-17(12-16-6-4-3-5-7-16)14-25-20-9-8-18(24-2)13-19(20)22/h3-9,13,17H,10-12,14H2,1-2H3,(H,21,23). The van der Waals surface area contributed by atoms with E-state index in [1.54, 1.807) is 7.11 Å². The predicted octanol–water partition coefficient (Wildman–Crippen LogP) is 2.64. The molecule has 1 aliphatic heterocycles. The Hall–Kier alpha value is -2.69. The van der Waals surface area contributed by atoms with E-state index < -0.39 is 0 Å². The van der Waals surface area contributed by atoms with Crippen molar-refractivity contribution in [2.45, 2.75) is 19.4 Å². The SMILES string of the molecule is COc1ccc2c(c1)N(CCNC(C)=O)C(Cc1ccccc1)CO2. The van der Waals surface area contributed by atoms with Crippen LogP contribution in [0.1, 0.15) is 12.5 Å². The van der Waals surface area contributed by atoms with E-state index in [2.05, 4.69) is 34.5 Å². The molecule has 1 amide bonds. The van der Waals surface area contributed by atoms with Gasteiger partial charge in [0.2, 0.25) is 5.91 Å². The molecule has 3 rings (SSSR count). The number of benzene rings is 2. The minimum atomic E-state index is -0.0151. The molecule has 2 aromatic rings. The van der Waals surface area contributed by atoms with E-state index in [0.29, 0.717) is 13.2 Å². The topological polar surface area (TPSA) is 50.8 Å². The lowest BCUT2D eigenvalue weighted by molar-refractivity contribution is -0.118. The summed E-state index contributed by atoms with van der Waals surface area (Å²) in [5.41, 5.74) is 2.28. The van der Waals surface area contributed by atoms with Crippen LogP contribution < -0.4 is 19.7 Å². The van der Waals surface area contributed by atoms with Gasteiger partial charge in [0, 0.05) is 26.1 Å². The van der Waals surface area contributed by atoms with E-state index in [1.165, 1.54) is 12.5 Å². The van der Waals surface area contributed by atoms with Crippen LogP contribution in [0.2, 0.25) is 0 Å². The molecule has 0 spiro atoms. The molecule has 0 saturated heterocycles. The Morgan fingerprint density at radius 1 is 1.28 bits per heavy atom. The first-order valence-corrected chi connectivity index (χ1v) is 8.53. The van der Waals surface area contributed by atoms with Crippen LogP contribution in [-0.4, -0.2) is 38.8 Å². The van der Waals surface area contributed by atoms with Crippen molar-refractivity contribution in [2.75, 3.05) is 31.7 Å². The van der Waals surface area contributed by atoms with Crippen molar-refractivity contribution in [1.82, 2.24) is 5.32 Å².